The molecular weight excluding hydrogens is 690 g/mol. The van der Waals surface area contributed by atoms with Gasteiger partial charge >= 0.3 is 17.9 Å². The molecule has 6 rings (SSSR count). The third-order valence-electron chi connectivity index (χ3n) is 8.63. The summed E-state index contributed by atoms with van der Waals surface area (Å²) in [4.78, 5) is 47.8. The second kappa shape index (κ2) is 12.7. The molecule has 0 aromatic heterocycles. The predicted molar refractivity (Wildman–Crippen MR) is 176 cm³/mol. The summed E-state index contributed by atoms with van der Waals surface area (Å²) in [7, 11) is -3.28. The van der Waals surface area contributed by atoms with Gasteiger partial charge in [0.15, 0.2) is 32.9 Å². The SMILES string of the molecule is CCOC(=O)C1=C(C(=O)OCC)C2N(Cc3ccc(Br)cc3)c3ccccc3[C@@]23C[C@@H](C(=O)OC)N([S+](=O)([O-])c2ccccc2)C3=N1. The Labute approximate surface area is 281 Å². The number of esters is 3. The normalized spacial score (nSPS) is 22.4. The Morgan fingerprint density at radius 1 is 0.957 bits per heavy atom. The van der Waals surface area contributed by atoms with E-state index in [1.54, 1.807) is 32.0 Å². The molecule has 0 bridgehead atoms. The van der Waals surface area contributed by atoms with Crippen molar-refractivity contribution in [1.29, 1.82) is 0 Å². The van der Waals surface area contributed by atoms with Gasteiger partial charge in [-0.3, -0.25) is 0 Å². The average Bonchev–Trinajstić information content (AvgIpc) is 3.57. The third-order valence-corrected chi connectivity index (χ3v) is 11.0. The summed E-state index contributed by atoms with van der Waals surface area (Å²) in [6, 6.07) is 20.3. The molecule has 1 fully saturated rings. The first-order valence-corrected chi connectivity index (χ1v) is 17.3. The van der Waals surface area contributed by atoms with Crippen LogP contribution < -0.4 is 4.90 Å². The van der Waals surface area contributed by atoms with E-state index in [0.717, 1.165) is 14.3 Å². The molecule has 0 amide bonds. The zero-order valence-electron chi connectivity index (χ0n) is 25.9. The van der Waals surface area contributed by atoms with Crippen LogP contribution in [0, 0.1) is 0 Å². The van der Waals surface area contributed by atoms with Crippen molar-refractivity contribution in [2.75, 3.05) is 25.2 Å². The Kier molecular flexibility index (Phi) is 8.81. The summed E-state index contributed by atoms with van der Waals surface area (Å²) in [6.45, 7) is 3.50. The van der Waals surface area contributed by atoms with Crippen molar-refractivity contribution in [2.24, 2.45) is 4.99 Å². The molecule has 47 heavy (non-hydrogen) atoms. The zero-order valence-corrected chi connectivity index (χ0v) is 28.3. The molecule has 11 nitrogen and oxygen atoms in total. The first-order valence-electron chi connectivity index (χ1n) is 15.1. The second-order valence-corrected chi connectivity index (χ2v) is 13.9. The molecule has 0 N–H and O–H groups in total. The van der Waals surface area contributed by atoms with Crippen LogP contribution in [0.3, 0.4) is 0 Å². The van der Waals surface area contributed by atoms with Gasteiger partial charge in [0.25, 0.3) is 0 Å². The van der Waals surface area contributed by atoms with Crippen LogP contribution in [0.5, 0.6) is 0 Å². The van der Waals surface area contributed by atoms with Crippen LogP contribution in [0.1, 0.15) is 31.4 Å². The lowest BCUT2D eigenvalue weighted by Gasteiger charge is -2.41. The van der Waals surface area contributed by atoms with Gasteiger partial charge in [-0.15, -0.1) is 0 Å². The maximum Gasteiger partial charge on any atom is 0.357 e. The van der Waals surface area contributed by atoms with Crippen LogP contribution in [-0.4, -0.2) is 65.0 Å². The molecular formula is C34H32BrN3O8S. The fourth-order valence-electron chi connectivity index (χ4n) is 6.83. The molecule has 0 aliphatic carbocycles. The number of ether oxygens (including phenoxy) is 3. The van der Waals surface area contributed by atoms with Crippen LogP contribution in [0.2, 0.25) is 0 Å². The summed E-state index contributed by atoms with van der Waals surface area (Å²) >= 11 is 3.48. The molecule has 3 aromatic carbocycles. The van der Waals surface area contributed by atoms with E-state index in [2.05, 4.69) is 15.9 Å². The third kappa shape index (κ3) is 5.26. The Bertz CT molecular complexity index is 1850. The molecule has 13 heteroatoms. The van der Waals surface area contributed by atoms with E-state index >= 15 is 0 Å². The maximum absolute atomic E-state index is 14.5. The highest BCUT2D eigenvalue weighted by Gasteiger charge is 2.70. The van der Waals surface area contributed by atoms with E-state index in [4.69, 9.17) is 19.2 Å². The molecule has 3 aliphatic rings. The van der Waals surface area contributed by atoms with E-state index in [1.165, 1.54) is 19.2 Å². The van der Waals surface area contributed by atoms with Gasteiger partial charge in [-0.05, 0) is 55.3 Å². The number of carbonyl (C=O) groups is 3. The maximum atomic E-state index is 14.5. The highest BCUT2D eigenvalue weighted by molar-refractivity contribution is 9.10. The smallest absolute Gasteiger partial charge is 0.357 e. The summed E-state index contributed by atoms with van der Waals surface area (Å²) < 4.78 is 47.0. The minimum atomic E-state index is -4.46. The van der Waals surface area contributed by atoms with Gasteiger partial charge in [-0.2, -0.15) is 4.31 Å². The molecule has 1 spiro atoms. The predicted octanol–water partition coefficient (Wildman–Crippen LogP) is 4.72. The average molecular weight is 723 g/mol. The van der Waals surface area contributed by atoms with E-state index < -0.39 is 45.8 Å². The van der Waals surface area contributed by atoms with Crippen molar-refractivity contribution in [2.45, 2.75) is 49.2 Å². The van der Waals surface area contributed by atoms with Crippen LogP contribution >= 0.6 is 15.9 Å². The van der Waals surface area contributed by atoms with Crippen LogP contribution in [0.15, 0.2) is 104 Å². The first-order chi connectivity index (χ1) is 22.6. The number of hydrogen-bond acceptors (Lipinski definition) is 10. The van der Waals surface area contributed by atoms with Crippen molar-refractivity contribution in [3.8, 4) is 0 Å². The number of rotatable bonds is 9. The molecule has 0 saturated carbocycles. The number of aliphatic imine (C=N–C) groups is 1. The molecule has 3 aromatic rings. The van der Waals surface area contributed by atoms with Gasteiger partial charge in [0.1, 0.15) is 0 Å². The molecule has 3 heterocycles. The fraction of sp³-hybridized carbons (Fsp3) is 0.294. The number of nitrogens with zero attached hydrogens (tertiary/aromatic N) is 3. The number of anilines is 1. The Hall–Kier alpha value is -4.33. The standard InChI is InChI=1S/C34H32BrN3O8S/c1-4-45-31(40)27-28(32(41)46-5-2)36-33-34(19-26(30(39)44-3)38(33)47(42,43)23-11-7-6-8-12-23)24-13-9-10-14-25(24)37(29(27)34)20-21-15-17-22(35)18-16-21/h6-18,26,29H,4-5,19-20H2,1-3H3/t26-,29?,34-/m0/s1. The van der Waals surface area contributed by atoms with Gasteiger partial charge in [0, 0.05) is 23.1 Å². The highest BCUT2D eigenvalue weighted by Crippen LogP contribution is 2.59. The zero-order chi connectivity index (χ0) is 33.5. The number of amidine groups is 1. The number of benzene rings is 3. The van der Waals surface area contributed by atoms with Crippen molar-refractivity contribution in [3.05, 3.63) is 106 Å². The number of halogens is 1. The molecule has 1 saturated heterocycles. The fourth-order valence-corrected chi connectivity index (χ4v) is 8.75. The highest BCUT2D eigenvalue weighted by atomic mass is 79.9. The minimum absolute atomic E-state index is 0.00763. The first kappa shape index (κ1) is 32.6. The number of para-hydroxylation sites is 1. The van der Waals surface area contributed by atoms with Crippen LogP contribution in [0.4, 0.5) is 5.69 Å². The monoisotopic (exact) mass is 721 g/mol. The Morgan fingerprint density at radius 2 is 1.60 bits per heavy atom. The van der Waals surface area contributed by atoms with Gasteiger partial charge in [-0.25, -0.2) is 19.4 Å². The topological polar surface area (TPSA) is 138 Å². The van der Waals surface area contributed by atoms with E-state index in [0.29, 0.717) is 11.3 Å². The largest absolute Gasteiger partial charge is 0.588 e. The lowest BCUT2D eigenvalue weighted by molar-refractivity contribution is -0.144. The quantitative estimate of drug-likeness (QED) is 0.175. The number of methoxy groups -OCH3 is 1. The molecule has 3 aliphatic heterocycles. The van der Waals surface area contributed by atoms with E-state index in [1.807, 2.05) is 53.4 Å². The van der Waals surface area contributed by atoms with Crippen molar-refractivity contribution < 1.29 is 37.4 Å². The Balaban J connectivity index is 1.69. The van der Waals surface area contributed by atoms with Gasteiger partial charge in [0.2, 0.25) is 0 Å². The minimum Gasteiger partial charge on any atom is -0.588 e. The lowest BCUT2D eigenvalue weighted by Crippen LogP contribution is -2.56. The number of fused-ring (bicyclic) bond motifs is 1. The molecule has 0 radical (unpaired) electrons. The molecule has 2 unspecified atom stereocenters. The second-order valence-electron chi connectivity index (χ2n) is 11.1. The van der Waals surface area contributed by atoms with E-state index in [-0.39, 0.29) is 48.2 Å². The summed E-state index contributed by atoms with van der Waals surface area (Å²) in [6.07, 6.45) is -0.123. The van der Waals surface area contributed by atoms with Gasteiger partial charge < -0.3 is 23.7 Å². The van der Waals surface area contributed by atoms with Crippen molar-refractivity contribution >= 4 is 55.8 Å². The number of sulfonamides is 1. The Morgan fingerprint density at radius 3 is 2.26 bits per heavy atom. The van der Waals surface area contributed by atoms with Crippen LogP contribution in [-0.2, 0) is 55.2 Å². The summed E-state index contributed by atoms with van der Waals surface area (Å²) in [5.74, 6) is -2.61. The number of hydrogen-bond donors (Lipinski definition) is 0. The van der Waals surface area contributed by atoms with Gasteiger partial charge in [0.05, 0.1) is 37.4 Å². The lowest BCUT2D eigenvalue weighted by atomic mass is 9.69. The van der Waals surface area contributed by atoms with Crippen LogP contribution in [0.25, 0.3) is 0 Å². The van der Waals surface area contributed by atoms with Gasteiger partial charge in [-0.1, -0.05) is 68.7 Å². The molecule has 4 atom stereocenters. The van der Waals surface area contributed by atoms with Crippen molar-refractivity contribution in [1.82, 2.24) is 4.31 Å². The number of carbonyl (C=O) groups excluding carboxylic acids is 3. The molecule has 244 valence electrons. The summed E-state index contributed by atoms with van der Waals surface area (Å²) in [5.41, 5.74) is 0.345. The van der Waals surface area contributed by atoms with E-state index in [9.17, 15) is 23.1 Å². The summed E-state index contributed by atoms with van der Waals surface area (Å²) in [5, 5.41) is 0. The van der Waals surface area contributed by atoms with Crippen molar-refractivity contribution in [3.63, 3.8) is 0 Å².